The Kier molecular flexibility index (Phi) is 2.34. The minimum Gasteiger partial charge on any atom is -0.383 e. The molecule has 0 aromatic heterocycles. The van der Waals surface area contributed by atoms with E-state index < -0.39 is 92.0 Å². The summed E-state index contributed by atoms with van der Waals surface area (Å²) in [5, 5.41) is 13.5. The lowest BCUT2D eigenvalue weighted by atomic mass is 9.99. The fourth-order valence-corrected chi connectivity index (χ4v) is 2.11. The van der Waals surface area contributed by atoms with Gasteiger partial charge in [0.05, 0.1) is 8.22 Å². The number of rotatable bonds is 5. The van der Waals surface area contributed by atoms with Gasteiger partial charge in [0.25, 0.3) is 0 Å². The molecule has 3 N–H and O–H groups in total. The minimum absolute atomic E-state index is 0.189. The van der Waals surface area contributed by atoms with Crippen LogP contribution in [0.5, 0.6) is 0 Å². The highest BCUT2D eigenvalue weighted by atomic mass is 16.3. The average Bonchev–Trinajstić information content (AvgIpc) is 2.91. The van der Waals surface area contributed by atoms with Crippen molar-refractivity contribution in [1.29, 1.82) is 0 Å². The second kappa shape index (κ2) is 8.31. The molecule has 3 amide bonds. The van der Waals surface area contributed by atoms with E-state index in [1.165, 1.54) is 12.4 Å². The van der Waals surface area contributed by atoms with Gasteiger partial charge in [0, 0.05) is 27.3 Å². The van der Waals surface area contributed by atoms with Crippen LogP contribution < -0.4 is 10.6 Å². The zero-order chi connectivity index (χ0) is 33.2. The molecule has 1 aliphatic heterocycles. The summed E-state index contributed by atoms with van der Waals surface area (Å²) in [6.07, 6.45) is -4.62. The largest absolute Gasteiger partial charge is 0.383 e. The first kappa shape index (κ1) is 7.31. The molecule has 0 fully saturated rings. The highest BCUT2D eigenvalue weighted by Gasteiger charge is 2.32. The number of carbonyl (C=O) groups excluding carboxylic acids is 3. The average molecular weight is 378 g/mol. The highest BCUT2D eigenvalue weighted by Crippen LogP contribution is 2.24. The normalized spacial score (nSPS) is 34.2. The molecular weight excluding hydrogens is 334 g/mol. The van der Waals surface area contributed by atoms with Crippen molar-refractivity contribution in [1.82, 2.24) is 15.5 Å². The van der Waals surface area contributed by atoms with Crippen molar-refractivity contribution in [2.75, 3.05) is 13.6 Å². The number of hydrogen-bond donors (Lipinski definition) is 3. The number of nitrogens with one attached hydrogen (secondary N) is 2. The van der Waals surface area contributed by atoms with E-state index in [1.54, 1.807) is 5.32 Å². The van der Waals surface area contributed by atoms with Gasteiger partial charge in [-0.3, -0.25) is 14.4 Å². The fraction of sp³-hybridized carbons (Fsp3) is 0.526. The number of likely N-dealkylation sites (N-methyl/N-ethyl adjacent to an activating group) is 1. The summed E-state index contributed by atoms with van der Waals surface area (Å²) in [5.74, 6) is -9.82. The van der Waals surface area contributed by atoms with Crippen molar-refractivity contribution in [3.8, 4) is 0 Å². The fourth-order valence-electron chi connectivity index (χ4n) is 2.11. The summed E-state index contributed by atoms with van der Waals surface area (Å²) < 4.78 is 124. The Morgan fingerprint density at radius 3 is 2.81 bits per heavy atom. The smallest absolute Gasteiger partial charge is 0.249 e. The lowest BCUT2D eigenvalue weighted by molar-refractivity contribution is -0.137. The number of nitrogens with zero attached hydrogens (tertiary/aromatic N) is 1. The van der Waals surface area contributed by atoms with Gasteiger partial charge in [-0.1, -0.05) is 37.9 Å². The molecule has 0 radical (unpaired) electrons. The van der Waals surface area contributed by atoms with Gasteiger partial charge < -0.3 is 20.6 Å². The number of hydrogen-bond acceptors (Lipinski definition) is 4. The molecule has 0 spiro atoms. The van der Waals surface area contributed by atoms with Gasteiger partial charge in [0.15, 0.2) is 0 Å². The summed E-state index contributed by atoms with van der Waals surface area (Å²) in [5.41, 5.74) is -0.975. The number of carbonyl (C=O) groups is 3. The van der Waals surface area contributed by atoms with Crippen molar-refractivity contribution in [2.24, 2.45) is 5.89 Å². The van der Waals surface area contributed by atoms with Crippen molar-refractivity contribution >= 4 is 17.7 Å². The lowest BCUT2D eigenvalue weighted by Crippen LogP contribution is -2.51. The van der Waals surface area contributed by atoms with Gasteiger partial charge in [-0.05, 0) is 30.3 Å². The van der Waals surface area contributed by atoms with Crippen molar-refractivity contribution in [3.63, 3.8) is 0 Å². The maximum Gasteiger partial charge on any atom is 0.249 e. The quantitative estimate of drug-likeness (QED) is 0.691. The maximum atomic E-state index is 13.3. The van der Waals surface area contributed by atoms with Crippen LogP contribution in [0.4, 0.5) is 0 Å². The Morgan fingerprint density at radius 2 is 2.12 bits per heavy atom. The van der Waals surface area contributed by atoms with E-state index in [-0.39, 0.29) is 18.5 Å². The third-order valence-electron chi connectivity index (χ3n) is 3.51. The van der Waals surface area contributed by atoms with E-state index in [0.29, 0.717) is 0 Å². The molecule has 0 aliphatic carbocycles. The lowest BCUT2D eigenvalue weighted by Gasteiger charge is -2.24. The van der Waals surface area contributed by atoms with Crippen LogP contribution >= 0.6 is 0 Å². The standard InChI is InChI=1S/C19H27N3O4/c1-11(2)16(23)18(25)20-12(3)17(24)21-15-14-8-6-5-7-13(14)9-10-22(4)19(15)26/h5-8,11-12,15-16,23H,9-10H2,1-4H3,(H,20,25)(H,21,24)/t12-,15-,16-/m0/s1/i1D3,2D3,3D3,5D,6D,7D,8D,11D,15D,16D. The second-order valence-corrected chi connectivity index (χ2v) is 5.32. The van der Waals surface area contributed by atoms with E-state index >= 15 is 0 Å². The van der Waals surface area contributed by atoms with Gasteiger partial charge in [-0.15, -0.1) is 0 Å². The molecule has 26 heavy (non-hydrogen) atoms. The van der Waals surface area contributed by atoms with Crippen molar-refractivity contribution in [2.45, 2.75) is 45.1 Å². The van der Waals surface area contributed by atoms with Gasteiger partial charge in [-0.25, -0.2) is 0 Å². The topological polar surface area (TPSA) is 98.7 Å². The maximum absolute atomic E-state index is 13.3. The van der Waals surface area contributed by atoms with E-state index in [0.717, 1.165) is 4.90 Å². The predicted molar refractivity (Wildman–Crippen MR) is 97.1 cm³/mol. The minimum atomic E-state index is -4.42. The number of benzene rings is 1. The van der Waals surface area contributed by atoms with E-state index in [1.807, 2.05) is 0 Å². The van der Waals surface area contributed by atoms with Crippen LogP contribution in [0, 0.1) is 5.89 Å². The van der Waals surface area contributed by atoms with Crippen LogP contribution in [-0.4, -0.2) is 53.4 Å². The molecule has 0 bridgehead atoms. The summed E-state index contributed by atoms with van der Waals surface area (Å²) in [6.45, 7) is -11.9. The number of aliphatic hydroxyl groups is 1. The Balaban J connectivity index is 2.67. The molecule has 1 heterocycles. The van der Waals surface area contributed by atoms with Gasteiger partial charge >= 0.3 is 0 Å². The first-order valence-corrected chi connectivity index (χ1v) is 7.29. The Bertz CT molecular complexity index is 1280. The van der Waals surface area contributed by atoms with Crippen LogP contribution in [0.25, 0.3) is 0 Å². The van der Waals surface area contributed by atoms with E-state index in [9.17, 15) is 19.5 Å². The molecule has 142 valence electrons. The molecule has 7 nitrogen and oxygen atoms in total. The first-order valence-electron chi connectivity index (χ1n) is 15.3. The second-order valence-electron chi connectivity index (χ2n) is 5.32. The van der Waals surface area contributed by atoms with Crippen molar-refractivity contribution in [3.05, 3.63) is 35.3 Å². The van der Waals surface area contributed by atoms with Crippen LogP contribution in [-0.2, 0) is 20.8 Å². The highest BCUT2D eigenvalue weighted by molar-refractivity contribution is 5.93. The molecule has 1 aromatic carbocycles. The van der Waals surface area contributed by atoms with Crippen LogP contribution in [0.2, 0.25) is 0 Å². The van der Waals surface area contributed by atoms with E-state index in [2.05, 4.69) is 0 Å². The monoisotopic (exact) mass is 377 g/mol. The SMILES string of the molecule is [2H]c1c([2H])c([2H])c2c(c1[2H])CCN(C)C(=O)[C@@]2([2H])NC(=O)[C@@H](NC(=O)[C@@]([2H])(O)C([2H])(C([2H])([2H])[2H])C([2H])([2H])[2H])C([2H])([2H])[2H]. The molecule has 1 aliphatic rings. The predicted octanol–water partition coefficient (Wildman–Crippen LogP) is 0.380. The molecular formula is C19H27N3O4. The molecule has 7 heteroatoms. The van der Waals surface area contributed by atoms with Crippen LogP contribution in [0.1, 0.15) is 59.6 Å². The van der Waals surface area contributed by atoms with Gasteiger partial charge in [-0.2, -0.15) is 0 Å². The van der Waals surface area contributed by atoms with Crippen LogP contribution in [0.3, 0.4) is 0 Å². The third-order valence-corrected chi connectivity index (χ3v) is 3.51. The van der Waals surface area contributed by atoms with Crippen molar-refractivity contribution < 1.29 is 41.4 Å². The summed E-state index contributed by atoms with van der Waals surface area (Å²) in [6, 6.07) is -9.16. The van der Waals surface area contributed by atoms with Gasteiger partial charge in [0.2, 0.25) is 17.7 Å². The van der Waals surface area contributed by atoms with E-state index in [4.69, 9.17) is 21.9 Å². The Morgan fingerprint density at radius 1 is 1.38 bits per heavy atom. The number of amides is 3. The van der Waals surface area contributed by atoms with Crippen LogP contribution in [0.15, 0.2) is 24.2 Å². The third kappa shape index (κ3) is 4.40. The molecule has 3 atom stereocenters. The molecule has 0 saturated carbocycles. The summed E-state index contributed by atoms with van der Waals surface area (Å²) >= 11 is 0. The molecule has 2 rings (SSSR count). The summed E-state index contributed by atoms with van der Waals surface area (Å²) in [7, 11) is 1.17. The molecule has 0 unspecified atom stereocenters. The Labute approximate surface area is 176 Å². The molecule has 1 aromatic rings. The zero-order valence-electron chi connectivity index (χ0n) is 29.6. The molecule has 0 saturated heterocycles. The number of fused-ring (bicyclic) bond motifs is 1. The zero-order valence-corrected chi connectivity index (χ0v) is 13.6. The van der Waals surface area contributed by atoms with Gasteiger partial charge in [0.1, 0.15) is 18.1 Å². The first-order chi connectivity index (χ1) is 18.6. The summed E-state index contributed by atoms with van der Waals surface area (Å²) in [4.78, 5) is 40.3. The Hall–Kier alpha value is -2.41.